The van der Waals surface area contributed by atoms with Gasteiger partial charge in [0.15, 0.2) is 0 Å². The largest absolute Gasteiger partial charge is 0.495 e. The van der Waals surface area contributed by atoms with Crippen molar-refractivity contribution >= 4 is 11.6 Å². The maximum Gasteiger partial charge on any atom is 0.137 e. The number of anilines is 1. The Morgan fingerprint density at radius 3 is 2.59 bits per heavy atom. The van der Waals surface area contributed by atoms with Gasteiger partial charge in [-0.2, -0.15) is 0 Å². The molecule has 1 aromatic heterocycles. The summed E-state index contributed by atoms with van der Waals surface area (Å²) in [5.41, 5.74) is 0. The topological polar surface area (TPSA) is 42.4 Å². The lowest BCUT2D eigenvalue weighted by Gasteiger charge is -2.31. The highest BCUT2D eigenvalue weighted by Crippen LogP contribution is 2.23. The Morgan fingerprint density at radius 1 is 1.41 bits per heavy atom. The van der Waals surface area contributed by atoms with Crippen LogP contribution in [-0.2, 0) is 4.79 Å². The van der Waals surface area contributed by atoms with Gasteiger partial charge in [-0.15, -0.1) is 0 Å². The molecule has 0 atom stereocenters. The van der Waals surface area contributed by atoms with Crippen LogP contribution in [0.1, 0.15) is 19.8 Å². The number of hydrogen-bond acceptors (Lipinski definition) is 4. The quantitative estimate of drug-likeness (QED) is 0.801. The molecule has 0 N–H and O–H groups in total. The average molecular weight is 234 g/mol. The van der Waals surface area contributed by atoms with E-state index in [1.165, 1.54) is 0 Å². The summed E-state index contributed by atoms with van der Waals surface area (Å²) in [7, 11) is 1.63. The van der Waals surface area contributed by atoms with Crippen molar-refractivity contribution in [2.45, 2.75) is 19.8 Å². The minimum Gasteiger partial charge on any atom is -0.495 e. The molecule has 0 unspecified atom stereocenters. The summed E-state index contributed by atoms with van der Waals surface area (Å²) < 4.78 is 5.08. The van der Waals surface area contributed by atoms with Crippen molar-refractivity contribution in [3.8, 4) is 5.75 Å². The number of carbonyl (C=O) groups excluding carboxylic acids is 1. The molecule has 17 heavy (non-hydrogen) atoms. The molecule has 0 amide bonds. The predicted octanol–water partition coefficient (Wildman–Crippen LogP) is 1.90. The number of hydrogen-bond donors (Lipinski definition) is 0. The number of nitrogens with zero attached hydrogens (tertiary/aromatic N) is 2. The van der Waals surface area contributed by atoms with E-state index in [4.69, 9.17) is 4.74 Å². The van der Waals surface area contributed by atoms with Crippen LogP contribution in [0.3, 0.4) is 0 Å². The third-order valence-electron chi connectivity index (χ3n) is 3.35. The Morgan fingerprint density at radius 2 is 2.12 bits per heavy atom. The first kappa shape index (κ1) is 11.9. The van der Waals surface area contributed by atoms with Crippen molar-refractivity contribution in [1.29, 1.82) is 0 Å². The molecule has 1 aliphatic rings. The molecule has 92 valence electrons. The normalized spacial score (nSPS) is 16.9. The molecule has 1 saturated heterocycles. The second-order valence-electron chi connectivity index (χ2n) is 4.43. The second-order valence-corrected chi connectivity index (χ2v) is 4.43. The molecule has 0 aliphatic carbocycles. The molecule has 0 bridgehead atoms. The first-order chi connectivity index (χ1) is 8.20. The smallest absolute Gasteiger partial charge is 0.137 e. The Kier molecular flexibility index (Phi) is 3.61. The highest BCUT2D eigenvalue weighted by Gasteiger charge is 2.22. The van der Waals surface area contributed by atoms with Gasteiger partial charge in [0.1, 0.15) is 17.4 Å². The summed E-state index contributed by atoms with van der Waals surface area (Å²) in [4.78, 5) is 17.9. The minimum absolute atomic E-state index is 0.240. The SMILES string of the molecule is COc1ccc(N2CCC(C(C)=O)CC2)nc1. The molecule has 1 aromatic rings. The number of Topliss-reactive ketones (excluding diaryl/α,β-unsaturated/α-hetero) is 1. The summed E-state index contributed by atoms with van der Waals surface area (Å²) >= 11 is 0. The van der Waals surface area contributed by atoms with Crippen LogP contribution in [0.4, 0.5) is 5.82 Å². The zero-order valence-electron chi connectivity index (χ0n) is 10.3. The Balaban J connectivity index is 1.97. The fourth-order valence-corrected chi connectivity index (χ4v) is 2.20. The number of methoxy groups -OCH3 is 1. The number of pyridine rings is 1. The van der Waals surface area contributed by atoms with Crippen LogP contribution < -0.4 is 9.64 Å². The summed E-state index contributed by atoms with van der Waals surface area (Å²) in [5, 5.41) is 0. The highest BCUT2D eigenvalue weighted by molar-refractivity contribution is 5.78. The van der Waals surface area contributed by atoms with E-state index < -0.39 is 0 Å². The van der Waals surface area contributed by atoms with Crippen LogP contribution in [-0.4, -0.2) is 31.0 Å². The zero-order valence-corrected chi connectivity index (χ0v) is 10.3. The lowest BCUT2D eigenvalue weighted by molar-refractivity contribution is -0.121. The van der Waals surface area contributed by atoms with Gasteiger partial charge >= 0.3 is 0 Å². The van der Waals surface area contributed by atoms with Crippen LogP contribution in [0, 0.1) is 5.92 Å². The molecule has 0 aromatic carbocycles. The molecule has 0 saturated carbocycles. The molecule has 2 heterocycles. The Labute approximate surface area is 102 Å². The Hall–Kier alpha value is -1.58. The van der Waals surface area contributed by atoms with Crippen molar-refractivity contribution in [3.05, 3.63) is 18.3 Å². The van der Waals surface area contributed by atoms with Gasteiger partial charge in [-0.05, 0) is 31.9 Å². The van der Waals surface area contributed by atoms with Gasteiger partial charge in [0.05, 0.1) is 13.3 Å². The number of carbonyl (C=O) groups is 1. The minimum atomic E-state index is 0.240. The second kappa shape index (κ2) is 5.17. The third-order valence-corrected chi connectivity index (χ3v) is 3.35. The van der Waals surface area contributed by atoms with Crippen LogP contribution in [0.5, 0.6) is 5.75 Å². The van der Waals surface area contributed by atoms with Crippen LogP contribution >= 0.6 is 0 Å². The van der Waals surface area contributed by atoms with Crippen LogP contribution in [0.15, 0.2) is 18.3 Å². The maximum absolute atomic E-state index is 11.3. The van der Waals surface area contributed by atoms with E-state index in [9.17, 15) is 4.79 Å². The van der Waals surface area contributed by atoms with E-state index in [1.54, 1.807) is 20.2 Å². The number of ether oxygens (including phenoxy) is 1. The van der Waals surface area contributed by atoms with E-state index in [1.807, 2.05) is 12.1 Å². The van der Waals surface area contributed by atoms with Crippen molar-refractivity contribution < 1.29 is 9.53 Å². The van der Waals surface area contributed by atoms with E-state index >= 15 is 0 Å². The van der Waals surface area contributed by atoms with E-state index in [2.05, 4.69) is 9.88 Å². The van der Waals surface area contributed by atoms with Gasteiger partial charge in [-0.25, -0.2) is 4.98 Å². The molecule has 4 heteroatoms. The summed E-state index contributed by atoms with van der Waals surface area (Å²) in [6.07, 6.45) is 3.60. The fraction of sp³-hybridized carbons (Fsp3) is 0.538. The molecular formula is C13H18N2O2. The lowest BCUT2D eigenvalue weighted by Crippen LogP contribution is -2.36. The average Bonchev–Trinajstić information content (AvgIpc) is 2.39. The van der Waals surface area contributed by atoms with Crippen LogP contribution in [0.25, 0.3) is 0 Å². The molecule has 2 rings (SSSR count). The van der Waals surface area contributed by atoms with Gasteiger partial charge < -0.3 is 9.64 Å². The van der Waals surface area contributed by atoms with Gasteiger partial charge in [0, 0.05) is 19.0 Å². The number of aromatic nitrogens is 1. The standard InChI is InChI=1S/C13H18N2O2/c1-10(16)11-5-7-15(8-6-11)13-4-3-12(17-2)9-14-13/h3-4,9,11H,5-8H2,1-2H3. The molecule has 0 radical (unpaired) electrons. The fourth-order valence-electron chi connectivity index (χ4n) is 2.20. The lowest BCUT2D eigenvalue weighted by atomic mass is 9.93. The summed E-state index contributed by atoms with van der Waals surface area (Å²) in [6, 6.07) is 3.88. The number of piperidine rings is 1. The van der Waals surface area contributed by atoms with Gasteiger partial charge in [0.2, 0.25) is 0 Å². The predicted molar refractivity (Wildman–Crippen MR) is 66.4 cm³/mol. The summed E-state index contributed by atoms with van der Waals surface area (Å²) in [5.74, 6) is 2.29. The number of rotatable bonds is 3. The first-order valence-corrected chi connectivity index (χ1v) is 5.96. The summed E-state index contributed by atoms with van der Waals surface area (Å²) in [6.45, 7) is 3.50. The molecule has 1 fully saturated rings. The molecular weight excluding hydrogens is 216 g/mol. The van der Waals surface area contributed by atoms with E-state index in [0.717, 1.165) is 37.5 Å². The van der Waals surface area contributed by atoms with E-state index in [-0.39, 0.29) is 5.92 Å². The zero-order chi connectivity index (χ0) is 12.3. The molecule has 1 aliphatic heterocycles. The van der Waals surface area contributed by atoms with Crippen molar-refractivity contribution in [2.75, 3.05) is 25.1 Å². The highest BCUT2D eigenvalue weighted by atomic mass is 16.5. The third kappa shape index (κ3) is 2.75. The molecule has 4 nitrogen and oxygen atoms in total. The first-order valence-electron chi connectivity index (χ1n) is 5.96. The van der Waals surface area contributed by atoms with Crippen molar-refractivity contribution in [3.63, 3.8) is 0 Å². The molecule has 0 spiro atoms. The monoisotopic (exact) mass is 234 g/mol. The number of ketones is 1. The van der Waals surface area contributed by atoms with Crippen LogP contribution in [0.2, 0.25) is 0 Å². The van der Waals surface area contributed by atoms with Gasteiger partial charge in [-0.3, -0.25) is 4.79 Å². The van der Waals surface area contributed by atoms with E-state index in [0.29, 0.717) is 5.78 Å². The Bertz CT molecular complexity index is 381. The van der Waals surface area contributed by atoms with Gasteiger partial charge in [0.25, 0.3) is 0 Å². The van der Waals surface area contributed by atoms with Gasteiger partial charge in [-0.1, -0.05) is 0 Å². The van der Waals surface area contributed by atoms with Crippen molar-refractivity contribution in [2.24, 2.45) is 5.92 Å². The maximum atomic E-state index is 11.3. The van der Waals surface area contributed by atoms with Crippen molar-refractivity contribution in [1.82, 2.24) is 4.98 Å².